The Bertz CT molecular complexity index is 1050. The summed E-state index contributed by atoms with van der Waals surface area (Å²) >= 11 is 0. The van der Waals surface area contributed by atoms with Crippen molar-refractivity contribution >= 4 is 22.9 Å². The number of rotatable bonds is 8. The molecule has 2 aromatic rings. The van der Waals surface area contributed by atoms with Gasteiger partial charge in [-0.3, -0.25) is 9.78 Å². The molecule has 2 heterocycles. The summed E-state index contributed by atoms with van der Waals surface area (Å²) < 4.78 is 10.0. The van der Waals surface area contributed by atoms with Crippen LogP contribution in [0.5, 0.6) is 6.01 Å². The fourth-order valence-corrected chi connectivity index (χ4v) is 3.57. The Morgan fingerprint density at radius 2 is 2.06 bits per heavy atom. The first-order valence-electron chi connectivity index (χ1n) is 10.7. The van der Waals surface area contributed by atoms with Gasteiger partial charge < -0.3 is 19.3 Å². The van der Waals surface area contributed by atoms with Gasteiger partial charge in [0, 0.05) is 12.1 Å². The van der Waals surface area contributed by atoms with Crippen LogP contribution in [-0.4, -0.2) is 34.4 Å². The van der Waals surface area contributed by atoms with Crippen molar-refractivity contribution in [3.8, 4) is 6.01 Å². The number of aromatic nitrogens is 2. The highest BCUT2D eigenvalue weighted by Gasteiger charge is 2.20. The zero-order valence-electron chi connectivity index (χ0n) is 17.9. The summed E-state index contributed by atoms with van der Waals surface area (Å²) in [4.78, 5) is 48.0. The molecule has 0 saturated heterocycles. The average Bonchev–Trinajstić information content (AvgIpc) is 2.73. The highest BCUT2D eigenvalue weighted by molar-refractivity contribution is 5.85. The molecule has 1 amide bonds. The van der Waals surface area contributed by atoms with Gasteiger partial charge in [0.2, 0.25) is 5.71 Å². The molecule has 1 saturated carbocycles. The quantitative estimate of drug-likeness (QED) is 0.483. The van der Waals surface area contributed by atoms with Crippen molar-refractivity contribution in [3.05, 3.63) is 32.4 Å². The summed E-state index contributed by atoms with van der Waals surface area (Å²) in [5.41, 5.74) is 0.373. The van der Waals surface area contributed by atoms with E-state index in [0.29, 0.717) is 44.3 Å². The average molecular weight is 432 g/mol. The number of amides is 1. The maximum absolute atomic E-state index is 12.6. The van der Waals surface area contributed by atoms with Crippen LogP contribution in [0.15, 0.2) is 25.2 Å². The maximum Gasteiger partial charge on any atom is 0.407 e. The van der Waals surface area contributed by atoms with Gasteiger partial charge in [-0.25, -0.2) is 9.59 Å². The number of nitrogens with one attached hydrogen (secondary N) is 2. The topological polar surface area (TPSA) is 136 Å². The van der Waals surface area contributed by atoms with Crippen molar-refractivity contribution in [2.45, 2.75) is 71.3 Å². The van der Waals surface area contributed by atoms with Gasteiger partial charge in [-0.15, -0.1) is 0 Å². The van der Waals surface area contributed by atoms with E-state index in [4.69, 9.17) is 14.0 Å². The number of fused-ring (bicyclic) bond motifs is 1. The zero-order valence-corrected chi connectivity index (χ0v) is 17.9. The third-order valence-electron chi connectivity index (χ3n) is 5.15. The minimum absolute atomic E-state index is 0.0250. The summed E-state index contributed by atoms with van der Waals surface area (Å²) in [6, 6.07) is 1.24. The molecule has 10 heteroatoms. The second-order valence-electron chi connectivity index (χ2n) is 7.49. The number of oxime groups is 1. The zero-order chi connectivity index (χ0) is 22.2. The van der Waals surface area contributed by atoms with Crippen LogP contribution in [0, 0.1) is 0 Å². The summed E-state index contributed by atoms with van der Waals surface area (Å²) in [7, 11) is 0. The summed E-state index contributed by atoms with van der Waals surface area (Å²) in [5.74, 6) is 0. The Morgan fingerprint density at radius 1 is 1.29 bits per heavy atom. The van der Waals surface area contributed by atoms with Gasteiger partial charge in [-0.05, 0) is 51.0 Å². The molecule has 31 heavy (non-hydrogen) atoms. The summed E-state index contributed by atoms with van der Waals surface area (Å²) in [6.07, 6.45) is 5.76. The molecular formula is C21H28N4O6. The van der Waals surface area contributed by atoms with Gasteiger partial charge in [0.25, 0.3) is 5.56 Å². The molecule has 1 aliphatic rings. The smallest absolute Gasteiger partial charge is 0.407 e. The molecule has 0 spiro atoms. The number of hydrogen-bond acceptors (Lipinski definition) is 8. The highest BCUT2D eigenvalue weighted by Crippen LogP contribution is 2.18. The van der Waals surface area contributed by atoms with Gasteiger partial charge in [0.05, 0.1) is 12.3 Å². The third kappa shape index (κ3) is 6.16. The number of aromatic amines is 1. The van der Waals surface area contributed by atoms with E-state index in [1.165, 1.54) is 6.07 Å². The number of aryl methyl sites for hydroxylation is 1. The molecule has 0 radical (unpaired) electrons. The van der Waals surface area contributed by atoms with Gasteiger partial charge in [0.15, 0.2) is 0 Å². The summed E-state index contributed by atoms with van der Waals surface area (Å²) in [6.45, 7) is 4.17. The molecule has 0 unspecified atom stereocenters. The molecule has 10 nitrogen and oxygen atoms in total. The Hall–Kier alpha value is -3.17. The molecule has 2 aromatic heterocycles. The molecule has 2 N–H and O–H groups in total. The fourth-order valence-electron chi connectivity index (χ4n) is 3.57. The predicted molar refractivity (Wildman–Crippen MR) is 115 cm³/mol. The molecular weight excluding hydrogens is 404 g/mol. The lowest BCUT2D eigenvalue weighted by Gasteiger charge is -2.23. The van der Waals surface area contributed by atoms with Gasteiger partial charge in [0.1, 0.15) is 5.39 Å². The van der Waals surface area contributed by atoms with Crippen LogP contribution < -0.4 is 21.3 Å². The van der Waals surface area contributed by atoms with E-state index >= 15 is 0 Å². The standard InChI is InChI=1S/C21H28N4O6/c1-3-5-6-7-13-12-16(26)30-19-17(13)18(27)23-20(24-19)31-25-15-10-8-14(9-11-15)22-21(28)29-4-2/h12,14H,3-11H2,1-2H3,(H,22,28)(H,23,24,27). The minimum Gasteiger partial charge on any atom is -0.450 e. The van der Waals surface area contributed by atoms with E-state index in [0.717, 1.165) is 25.0 Å². The van der Waals surface area contributed by atoms with Crippen LogP contribution in [0.3, 0.4) is 0 Å². The third-order valence-corrected chi connectivity index (χ3v) is 5.15. The largest absolute Gasteiger partial charge is 0.450 e. The number of alkyl carbamates (subject to hydrolysis) is 1. The lowest BCUT2D eigenvalue weighted by Crippen LogP contribution is -2.38. The molecule has 0 bridgehead atoms. The number of hydrogen-bond donors (Lipinski definition) is 2. The first kappa shape index (κ1) is 22.5. The lowest BCUT2D eigenvalue weighted by molar-refractivity contribution is 0.146. The number of H-pyrrole nitrogens is 1. The van der Waals surface area contributed by atoms with Crippen LogP contribution in [0.1, 0.15) is 64.4 Å². The van der Waals surface area contributed by atoms with Crippen LogP contribution in [0.4, 0.5) is 4.79 Å². The van der Waals surface area contributed by atoms with Gasteiger partial charge in [-0.2, -0.15) is 4.98 Å². The van der Waals surface area contributed by atoms with Crippen LogP contribution >= 0.6 is 0 Å². The van der Waals surface area contributed by atoms with E-state index in [9.17, 15) is 14.4 Å². The summed E-state index contributed by atoms with van der Waals surface area (Å²) in [5, 5.41) is 7.15. The molecule has 0 atom stereocenters. The maximum atomic E-state index is 12.6. The van der Waals surface area contributed by atoms with Crippen molar-refractivity contribution in [2.75, 3.05) is 6.61 Å². The second-order valence-corrected chi connectivity index (χ2v) is 7.49. The van der Waals surface area contributed by atoms with Gasteiger partial charge in [-0.1, -0.05) is 24.9 Å². The van der Waals surface area contributed by atoms with Crippen LogP contribution in [0.2, 0.25) is 0 Å². The first-order valence-corrected chi connectivity index (χ1v) is 10.7. The molecule has 3 rings (SSSR count). The first-order chi connectivity index (χ1) is 15.0. The second kappa shape index (κ2) is 10.7. The number of unbranched alkanes of at least 4 members (excludes halogenated alkanes) is 2. The van der Waals surface area contributed by atoms with E-state index in [1.54, 1.807) is 6.92 Å². The Morgan fingerprint density at radius 3 is 2.77 bits per heavy atom. The molecule has 0 aromatic carbocycles. The van der Waals surface area contributed by atoms with Crippen molar-refractivity contribution in [3.63, 3.8) is 0 Å². The lowest BCUT2D eigenvalue weighted by atomic mass is 9.94. The molecule has 1 aliphatic carbocycles. The van der Waals surface area contributed by atoms with Gasteiger partial charge >= 0.3 is 17.7 Å². The van der Waals surface area contributed by atoms with Crippen LogP contribution in [-0.2, 0) is 11.2 Å². The van der Waals surface area contributed by atoms with Crippen molar-refractivity contribution in [1.29, 1.82) is 0 Å². The number of carbonyl (C=O) groups excluding carboxylic acids is 1. The molecule has 168 valence electrons. The Kier molecular flexibility index (Phi) is 7.80. The fraction of sp³-hybridized carbons (Fsp3) is 0.571. The van der Waals surface area contributed by atoms with Crippen LogP contribution in [0.25, 0.3) is 11.1 Å². The Labute approximate surface area is 179 Å². The normalized spacial score (nSPS) is 16.2. The predicted octanol–water partition coefficient (Wildman–Crippen LogP) is 3.03. The van der Waals surface area contributed by atoms with E-state index in [-0.39, 0.29) is 23.2 Å². The molecule has 1 fully saturated rings. The minimum atomic E-state index is -0.554. The Balaban J connectivity index is 1.68. The highest BCUT2D eigenvalue weighted by atomic mass is 16.6. The van der Waals surface area contributed by atoms with Crippen molar-refractivity contribution < 1.29 is 18.8 Å². The SMILES string of the molecule is CCCCCc1cc(=O)oc2nc(ON=C3CCC(NC(=O)OCC)CC3)[nH]c(=O)c12. The molecule has 0 aliphatic heterocycles. The van der Waals surface area contributed by atoms with E-state index in [2.05, 4.69) is 27.4 Å². The number of nitrogens with zero attached hydrogens (tertiary/aromatic N) is 2. The van der Waals surface area contributed by atoms with Crippen molar-refractivity contribution in [2.24, 2.45) is 5.16 Å². The van der Waals surface area contributed by atoms with Crippen molar-refractivity contribution in [1.82, 2.24) is 15.3 Å². The monoisotopic (exact) mass is 432 g/mol. The number of ether oxygens (including phenoxy) is 1. The van der Waals surface area contributed by atoms with E-state index < -0.39 is 17.3 Å². The number of carbonyl (C=O) groups is 1. The van der Waals surface area contributed by atoms with E-state index in [1.807, 2.05) is 0 Å².